The number of ether oxygens (including phenoxy) is 2. The second kappa shape index (κ2) is 17.7. The van der Waals surface area contributed by atoms with Gasteiger partial charge in [-0.25, -0.2) is 4.39 Å². The zero-order valence-corrected chi connectivity index (χ0v) is 36.1. The van der Waals surface area contributed by atoms with Crippen LogP contribution in [0.25, 0.3) is 11.1 Å². The van der Waals surface area contributed by atoms with Crippen LogP contribution in [0, 0.1) is 19.7 Å². The van der Waals surface area contributed by atoms with Crippen LogP contribution in [0.4, 0.5) is 15.8 Å². The number of carbonyl (C=O) groups is 2. The lowest BCUT2D eigenvalue weighted by molar-refractivity contribution is -0.142. The zero-order valence-electron chi connectivity index (χ0n) is 34.0. The minimum absolute atomic E-state index is 0.0223. The van der Waals surface area contributed by atoms with Gasteiger partial charge in [-0.3, -0.25) is 19.4 Å². The summed E-state index contributed by atoms with van der Waals surface area (Å²) in [5.41, 5.74) is 7.62. The van der Waals surface area contributed by atoms with E-state index in [0.717, 1.165) is 63.4 Å². The number of aliphatic imine (C=N–C) groups is 1. The molecule has 56 heavy (non-hydrogen) atoms. The molecule has 10 heteroatoms. The molecule has 3 aromatic carbocycles. The molecule has 1 N–H and O–H groups in total. The van der Waals surface area contributed by atoms with Crippen molar-refractivity contribution in [1.29, 1.82) is 0 Å². The van der Waals surface area contributed by atoms with Gasteiger partial charge >= 0.3 is 5.97 Å². The van der Waals surface area contributed by atoms with Crippen molar-refractivity contribution < 1.29 is 23.5 Å². The SMILES string of the molecule is CC(=O)OCc1c(CN=Cc2cc(C(C)(C)C)cc(F)c2C(=O)I)cccc1-c1cc(Nc2ccc(OC(C)(C)CCC3=CCCC3)cc2C)c(=O)n(C)c1C. The van der Waals surface area contributed by atoms with E-state index in [2.05, 4.69) is 30.2 Å². The normalized spacial score (nSPS) is 13.2. The molecule has 1 heterocycles. The number of aromatic nitrogens is 1. The highest BCUT2D eigenvalue weighted by atomic mass is 127. The summed E-state index contributed by atoms with van der Waals surface area (Å²) < 4.78 is 28.4. The van der Waals surface area contributed by atoms with Crippen LogP contribution in [0.2, 0.25) is 0 Å². The summed E-state index contributed by atoms with van der Waals surface area (Å²) in [6.45, 7) is 15.5. The molecular formula is C46H53FIN3O5. The van der Waals surface area contributed by atoms with Crippen molar-refractivity contribution in [3.63, 3.8) is 0 Å². The molecule has 0 aliphatic heterocycles. The van der Waals surface area contributed by atoms with E-state index in [1.807, 2.05) is 77.1 Å². The summed E-state index contributed by atoms with van der Waals surface area (Å²) >= 11 is 1.60. The van der Waals surface area contributed by atoms with E-state index in [1.165, 1.54) is 44.0 Å². The highest BCUT2D eigenvalue weighted by Crippen LogP contribution is 2.34. The van der Waals surface area contributed by atoms with Gasteiger partial charge in [0.1, 0.15) is 29.5 Å². The number of hydrogen-bond acceptors (Lipinski definition) is 7. The smallest absolute Gasteiger partial charge is 0.302 e. The van der Waals surface area contributed by atoms with Crippen LogP contribution in [0.15, 0.2) is 76.0 Å². The number of pyridine rings is 1. The van der Waals surface area contributed by atoms with Crippen molar-refractivity contribution >= 4 is 49.9 Å². The Bertz CT molecular complexity index is 2260. The van der Waals surface area contributed by atoms with E-state index in [0.29, 0.717) is 11.3 Å². The van der Waals surface area contributed by atoms with Crippen molar-refractivity contribution in [2.24, 2.45) is 12.0 Å². The van der Waals surface area contributed by atoms with Gasteiger partial charge in [0.25, 0.3) is 5.56 Å². The first-order valence-electron chi connectivity index (χ1n) is 19.1. The average Bonchev–Trinajstić information content (AvgIpc) is 3.64. The first kappa shape index (κ1) is 42.6. The molecule has 296 valence electrons. The first-order valence-corrected chi connectivity index (χ1v) is 20.2. The van der Waals surface area contributed by atoms with Crippen LogP contribution in [0.3, 0.4) is 0 Å². The number of halogens is 2. The molecule has 1 aliphatic carbocycles. The van der Waals surface area contributed by atoms with Gasteiger partial charge in [-0.2, -0.15) is 0 Å². The molecule has 0 fully saturated rings. The maximum atomic E-state index is 15.2. The molecule has 0 saturated heterocycles. The molecule has 5 rings (SSSR count). The number of esters is 1. The van der Waals surface area contributed by atoms with Gasteiger partial charge in [0.2, 0.25) is 3.79 Å². The van der Waals surface area contributed by atoms with Crippen LogP contribution >= 0.6 is 22.6 Å². The van der Waals surface area contributed by atoms with E-state index in [-0.39, 0.29) is 35.3 Å². The third-order valence-corrected chi connectivity index (χ3v) is 11.0. The Morgan fingerprint density at radius 1 is 1.02 bits per heavy atom. The molecule has 0 amide bonds. The Morgan fingerprint density at radius 3 is 2.41 bits per heavy atom. The molecule has 0 radical (unpaired) electrons. The molecular weight excluding hydrogens is 820 g/mol. The maximum Gasteiger partial charge on any atom is 0.302 e. The summed E-state index contributed by atoms with van der Waals surface area (Å²) in [6.07, 6.45) is 9.46. The summed E-state index contributed by atoms with van der Waals surface area (Å²) in [5, 5.41) is 3.38. The molecule has 0 bridgehead atoms. The fourth-order valence-corrected chi connectivity index (χ4v) is 7.53. The predicted molar refractivity (Wildman–Crippen MR) is 232 cm³/mol. The first-order chi connectivity index (χ1) is 26.3. The number of anilines is 2. The highest BCUT2D eigenvalue weighted by Gasteiger charge is 2.23. The van der Waals surface area contributed by atoms with Crippen molar-refractivity contribution in [3.05, 3.63) is 121 Å². The average molecular weight is 874 g/mol. The fourth-order valence-electron chi connectivity index (χ4n) is 6.96. The largest absolute Gasteiger partial charge is 0.488 e. The molecule has 1 aromatic heterocycles. The van der Waals surface area contributed by atoms with E-state index in [1.54, 1.807) is 40.3 Å². The number of benzene rings is 3. The number of carbonyl (C=O) groups excluding carboxylic acids is 2. The molecule has 1 aliphatic rings. The Labute approximate surface area is 343 Å². The second-order valence-electron chi connectivity index (χ2n) is 16.3. The minimum atomic E-state index is -0.586. The Balaban J connectivity index is 1.46. The van der Waals surface area contributed by atoms with Crippen molar-refractivity contribution in [2.45, 2.75) is 112 Å². The quantitative estimate of drug-likeness (QED) is 0.0445. The predicted octanol–water partition coefficient (Wildman–Crippen LogP) is 11.2. The molecule has 4 aromatic rings. The van der Waals surface area contributed by atoms with E-state index in [4.69, 9.17) is 9.47 Å². The number of aryl methyl sites for hydroxylation is 1. The zero-order chi connectivity index (χ0) is 40.9. The van der Waals surface area contributed by atoms with Crippen molar-refractivity contribution in [3.8, 4) is 16.9 Å². The van der Waals surface area contributed by atoms with Gasteiger partial charge < -0.3 is 19.4 Å². The van der Waals surface area contributed by atoms with Crippen LogP contribution in [0.1, 0.15) is 118 Å². The third-order valence-electron chi connectivity index (χ3n) is 10.4. The van der Waals surface area contributed by atoms with Crippen LogP contribution < -0.4 is 15.6 Å². The Morgan fingerprint density at radius 2 is 1.77 bits per heavy atom. The molecule has 0 saturated carbocycles. The Hall–Kier alpha value is -4.58. The van der Waals surface area contributed by atoms with E-state index >= 15 is 4.39 Å². The van der Waals surface area contributed by atoms with Gasteiger partial charge in [-0.1, -0.05) is 50.6 Å². The second-order valence-corrected chi connectivity index (χ2v) is 17.3. The molecule has 8 nitrogen and oxygen atoms in total. The summed E-state index contributed by atoms with van der Waals surface area (Å²) in [6, 6.07) is 16.6. The highest BCUT2D eigenvalue weighted by molar-refractivity contribution is 14.1. The molecule has 0 atom stereocenters. The summed E-state index contributed by atoms with van der Waals surface area (Å²) in [7, 11) is 1.73. The number of allylic oxidation sites excluding steroid dienone is 2. The van der Waals surface area contributed by atoms with Gasteiger partial charge in [0, 0.05) is 70.8 Å². The lowest BCUT2D eigenvalue weighted by Gasteiger charge is -2.27. The van der Waals surface area contributed by atoms with Crippen LogP contribution in [-0.4, -0.2) is 26.1 Å². The standard InChI is InChI=1S/C46H53FIN3O5/c1-28-21-35(56-46(7,8)20-19-31-13-10-11-14-31)17-18-40(28)50-41-24-37(29(2)51(9)44(41)54)36-16-12-15-32(38(36)27-55-30(3)52)25-49-26-33-22-34(45(4,5)6)23-39(47)42(33)43(48)53/h12-13,15-18,21-24,26,50H,10-11,14,19-20,25,27H2,1-9H3. The van der Waals surface area contributed by atoms with Crippen LogP contribution in [-0.2, 0) is 35.1 Å². The van der Waals surface area contributed by atoms with E-state index in [9.17, 15) is 14.4 Å². The van der Waals surface area contributed by atoms with E-state index < -0.39 is 15.6 Å². The summed E-state index contributed by atoms with van der Waals surface area (Å²) in [5.74, 6) is -0.252. The van der Waals surface area contributed by atoms with Crippen LogP contribution in [0.5, 0.6) is 5.75 Å². The minimum Gasteiger partial charge on any atom is -0.488 e. The molecule has 0 spiro atoms. The third kappa shape index (κ3) is 10.4. The van der Waals surface area contributed by atoms with Gasteiger partial charge in [0.05, 0.1) is 12.1 Å². The lowest BCUT2D eigenvalue weighted by atomic mass is 9.85. The number of hydrogen-bond donors (Lipinski definition) is 1. The van der Waals surface area contributed by atoms with Gasteiger partial charge in [-0.15, -0.1) is 0 Å². The maximum absolute atomic E-state index is 15.2. The topological polar surface area (TPSA) is 99.0 Å². The van der Waals surface area contributed by atoms with Gasteiger partial charge in [0.15, 0.2) is 0 Å². The van der Waals surface area contributed by atoms with Crippen molar-refractivity contribution in [2.75, 3.05) is 5.32 Å². The lowest BCUT2D eigenvalue weighted by Crippen LogP contribution is -2.28. The molecule has 0 unspecified atom stereocenters. The summed E-state index contributed by atoms with van der Waals surface area (Å²) in [4.78, 5) is 42.9. The van der Waals surface area contributed by atoms with Crippen molar-refractivity contribution in [1.82, 2.24) is 4.57 Å². The Kier molecular flexibility index (Phi) is 13.4. The number of rotatable bonds is 14. The van der Waals surface area contributed by atoms with Gasteiger partial charge in [-0.05, 0) is 124 Å². The fraction of sp³-hybridized carbons (Fsp3) is 0.391. The monoisotopic (exact) mass is 873 g/mol. The number of nitrogens with zero attached hydrogens (tertiary/aromatic N) is 2. The number of nitrogens with one attached hydrogen (secondary N) is 1.